The second-order valence-corrected chi connectivity index (χ2v) is 6.48. The van der Waals surface area contributed by atoms with Crippen molar-refractivity contribution in [3.05, 3.63) is 70.3 Å². The van der Waals surface area contributed by atoms with Crippen molar-refractivity contribution in [2.75, 3.05) is 5.32 Å². The third-order valence-electron chi connectivity index (χ3n) is 4.07. The number of carbonyl (C=O) groups is 1. The molecule has 0 aliphatic heterocycles. The van der Waals surface area contributed by atoms with E-state index in [1.165, 1.54) is 22.6 Å². The van der Waals surface area contributed by atoms with Gasteiger partial charge >= 0.3 is 5.69 Å². The SMILES string of the molecule is Cc1cccc(Cn2cc(NC(=O)C(C)Cn3cc([N+](=O)[O-])cn3)cn2)c1. The minimum absolute atomic E-state index is 0.0972. The molecule has 3 rings (SSSR count). The van der Waals surface area contributed by atoms with Crippen LogP contribution in [0.3, 0.4) is 0 Å². The molecule has 0 fully saturated rings. The van der Waals surface area contributed by atoms with Crippen molar-refractivity contribution in [2.45, 2.75) is 26.9 Å². The van der Waals surface area contributed by atoms with Gasteiger partial charge in [0.15, 0.2) is 0 Å². The maximum atomic E-state index is 12.3. The Morgan fingerprint density at radius 3 is 2.74 bits per heavy atom. The number of benzene rings is 1. The smallest absolute Gasteiger partial charge is 0.306 e. The highest BCUT2D eigenvalue weighted by Gasteiger charge is 2.17. The second kappa shape index (κ2) is 7.81. The average molecular weight is 368 g/mol. The van der Waals surface area contributed by atoms with Gasteiger partial charge in [-0.3, -0.25) is 24.3 Å². The molecule has 3 aromatic rings. The zero-order valence-electron chi connectivity index (χ0n) is 15.1. The molecule has 2 heterocycles. The first-order valence-corrected chi connectivity index (χ1v) is 8.46. The number of carbonyl (C=O) groups excluding carboxylic acids is 1. The summed E-state index contributed by atoms with van der Waals surface area (Å²) in [6, 6.07) is 8.15. The highest BCUT2D eigenvalue weighted by Crippen LogP contribution is 2.13. The van der Waals surface area contributed by atoms with Crippen LogP contribution in [0.1, 0.15) is 18.1 Å². The van der Waals surface area contributed by atoms with E-state index in [1.807, 2.05) is 25.1 Å². The van der Waals surface area contributed by atoms with E-state index in [0.29, 0.717) is 12.2 Å². The summed E-state index contributed by atoms with van der Waals surface area (Å²) >= 11 is 0. The molecule has 0 bridgehead atoms. The van der Waals surface area contributed by atoms with Gasteiger partial charge in [0.25, 0.3) is 0 Å². The summed E-state index contributed by atoms with van der Waals surface area (Å²) in [5, 5.41) is 21.7. The molecule has 1 unspecified atom stereocenters. The molecule has 27 heavy (non-hydrogen) atoms. The normalized spacial score (nSPS) is 11.9. The van der Waals surface area contributed by atoms with Gasteiger partial charge < -0.3 is 5.32 Å². The summed E-state index contributed by atoms with van der Waals surface area (Å²) in [4.78, 5) is 22.5. The molecule has 1 atom stereocenters. The largest absolute Gasteiger partial charge is 0.323 e. The van der Waals surface area contributed by atoms with Gasteiger partial charge in [-0.05, 0) is 12.5 Å². The van der Waals surface area contributed by atoms with Crippen molar-refractivity contribution in [1.82, 2.24) is 19.6 Å². The molecule has 0 radical (unpaired) electrons. The number of amides is 1. The lowest BCUT2D eigenvalue weighted by Crippen LogP contribution is -2.24. The molecule has 9 heteroatoms. The van der Waals surface area contributed by atoms with Crippen LogP contribution in [0.15, 0.2) is 49.1 Å². The quantitative estimate of drug-likeness (QED) is 0.509. The van der Waals surface area contributed by atoms with Crippen molar-refractivity contribution >= 4 is 17.3 Å². The summed E-state index contributed by atoms with van der Waals surface area (Å²) in [5.74, 6) is -0.618. The van der Waals surface area contributed by atoms with E-state index in [4.69, 9.17) is 0 Å². The fraction of sp³-hybridized carbons (Fsp3) is 0.278. The number of rotatable bonds is 7. The van der Waals surface area contributed by atoms with Crippen LogP contribution < -0.4 is 5.32 Å². The molecular formula is C18H20N6O3. The monoisotopic (exact) mass is 368 g/mol. The summed E-state index contributed by atoms with van der Waals surface area (Å²) in [7, 11) is 0. The van der Waals surface area contributed by atoms with Gasteiger partial charge in [0.1, 0.15) is 12.4 Å². The molecule has 1 amide bonds. The first-order chi connectivity index (χ1) is 12.9. The van der Waals surface area contributed by atoms with Crippen LogP contribution >= 0.6 is 0 Å². The summed E-state index contributed by atoms with van der Waals surface area (Å²) < 4.78 is 3.15. The number of anilines is 1. The molecule has 9 nitrogen and oxygen atoms in total. The Labute approximate surface area is 155 Å². The van der Waals surface area contributed by atoms with E-state index in [9.17, 15) is 14.9 Å². The van der Waals surface area contributed by atoms with E-state index < -0.39 is 10.8 Å². The lowest BCUT2D eigenvalue weighted by atomic mass is 10.1. The van der Waals surface area contributed by atoms with Crippen molar-refractivity contribution in [3.63, 3.8) is 0 Å². The molecule has 1 aromatic carbocycles. The molecule has 0 aliphatic carbocycles. The number of nitrogens with zero attached hydrogens (tertiary/aromatic N) is 5. The molecule has 0 spiro atoms. The van der Waals surface area contributed by atoms with Crippen LogP contribution in [-0.2, 0) is 17.9 Å². The topological polar surface area (TPSA) is 108 Å². The highest BCUT2D eigenvalue weighted by molar-refractivity contribution is 5.91. The zero-order chi connectivity index (χ0) is 19.4. The summed E-state index contributed by atoms with van der Waals surface area (Å²) in [5.41, 5.74) is 2.82. The zero-order valence-corrected chi connectivity index (χ0v) is 15.1. The first kappa shape index (κ1) is 18.3. The average Bonchev–Trinajstić information content (AvgIpc) is 3.24. The van der Waals surface area contributed by atoms with Gasteiger partial charge in [-0.15, -0.1) is 0 Å². The van der Waals surface area contributed by atoms with Crippen LogP contribution in [0.2, 0.25) is 0 Å². The Balaban J connectivity index is 1.57. The summed E-state index contributed by atoms with van der Waals surface area (Å²) in [6.07, 6.45) is 5.84. The predicted octanol–water partition coefficient (Wildman–Crippen LogP) is 2.62. The van der Waals surface area contributed by atoms with Crippen molar-refractivity contribution in [3.8, 4) is 0 Å². The molecule has 2 aromatic heterocycles. The summed E-state index contributed by atoms with van der Waals surface area (Å²) in [6.45, 7) is 4.63. The predicted molar refractivity (Wildman–Crippen MR) is 99.2 cm³/mol. The van der Waals surface area contributed by atoms with Crippen LogP contribution in [0.4, 0.5) is 11.4 Å². The van der Waals surface area contributed by atoms with Crippen LogP contribution in [0, 0.1) is 23.0 Å². The number of hydrogen-bond donors (Lipinski definition) is 1. The third-order valence-corrected chi connectivity index (χ3v) is 4.07. The van der Waals surface area contributed by atoms with Gasteiger partial charge in [0.05, 0.1) is 35.8 Å². The minimum atomic E-state index is -0.517. The molecule has 0 saturated heterocycles. The van der Waals surface area contributed by atoms with Crippen molar-refractivity contribution in [1.29, 1.82) is 0 Å². The fourth-order valence-electron chi connectivity index (χ4n) is 2.69. The van der Waals surface area contributed by atoms with E-state index in [1.54, 1.807) is 24.0 Å². The Morgan fingerprint density at radius 2 is 2.04 bits per heavy atom. The minimum Gasteiger partial charge on any atom is -0.323 e. The second-order valence-electron chi connectivity index (χ2n) is 6.48. The van der Waals surface area contributed by atoms with Gasteiger partial charge in [-0.2, -0.15) is 10.2 Å². The van der Waals surface area contributed by atoms with Crippen molar-refractivity contribution in [2.24, 2.45) is 5.92 Å². The van der Waals surface area contributed by atoms with Gasteiger partial charge in [0, 0.05) is 6.20 Å². The van der Waals surface area contributed by atoms with E-state index in [0.717, 1.165) is 5.56 Å². The maximum absolute atomic E-state index is 12.3. The lowest BCUT2D eigenvalue weighted by molar-refractivity contribution is -0.385. The van der Waals surface area contributed by atoms with Crippen LogP contribution in [0.25, 0.3) is 0 Å². The third kappa shape index (κ3) is 4.78. The Hall–Kier alpha value is -3.49. The maximum Gasteiger partial charge on any atom is 0.306 e. The van der Waals surface area contributed by atoms with Gasteiger partial charge in [-0.25, -0.2) is 0 Å². The number of aryl methyl sites for hydroxylation is 1. The van der Waals surface area contributed by atoms with Gasteiger partial charge in [0.2, 0.25) is 5.91 Å². The Bertz CT molecular complexity index is 961. The highest BCUT2D eigenvalue weighted by atomic mass is 16.6. The molecule has 1 N–H and O–H groups in total. The first-order valence-electron chi connectivity index (χ1n) is 8.46. The molecule has 0 saturated carbocycles. The number of hydrogen-bond acceptors (Lipinski definition) is 5. The number of aromatic nitrogens is 4. The molecular weight excluding hydrogens is 348 g/mol. The van der Waals surface area contributed by atoms with Gasteiger partial charge in [-0.1, -0.05) is 36.8 Å². The van der Waals surface area contributed by atoms with Crippen LogP contribution in [0.5, 0.6) is 0 Å². The fourth-order valence-corrected chi connectivity index (χ4v) is 2.69. The van der Waals surface area contributed by atoms with E-state index in [2.05, 4.69) is 21.6 Å². The standard InChI is InChI=1S/C18H20N6O3/c1-13-4-3-5-15(6-13)10-23-11-16(7-19-23)21-18(25)14(2)9-22-12-17(8-20-22)24(26)27/h3-8,11-12,14H,9-10H2,1-2H3,(H,21,25). The van der Waals surface area contributed by atoms with Crippen molar-refractivity contribution < 1.29 is 9.72 Å². The number of nitrogens with one attached hydrogen (secondary N) is 1. The van der Waals surface area contributed by atoms with E-state index >= 15 is 0 Å². The number of nitro groups is 1. The molecule has 0 aliphatic rings. The van der Waals surface area contributed by atoms with Crippen LogP contribution in [-0.4, -0.2) is 30.4 Å². The lowest BCUT2D eigenvalue weighted by Gasteiger charge is -2.10. The van der Waals surface area contributed by atoms with E-state index in [-0.39, 0.29) is 18.1 Å². The Kier molecular flexibility index (Phi) is 5.30. The Morgan fingerprint density at radius 1 is 1.26 bits per heavy atom. The molecule has 140 valence electrons.